The monoisotopic (exact) mass is 297 g/mol. The standard InChI is InChI=1S/C17H19N3O2/c1-18-11-20(12-6-3-2-4-7-12)17(22)13-10-19-14-8-5-9-15(21)16(13)14/h2-4,6-7,10,18-19H,5,8-9,11H2,1H3. The number of nitrogens with zero attached hydrogens (tertiary/aromatic N) is 1. The summed E-state index contributed by atoms with van der Waals surface area (Å²) in [7, 11) is 1.79. The molecule has 0 atom stereocenters. The first kappa shape index (κ1) is 14.5. The fraction of sp³-hybridized carbons (Fsp3) is 0.294. The fourth-order valence-electron chi connectivity index (χ4n) is 2.89. The number of ketones is 1. The molecule has 5 heteroatoms. The van der Waals surface area contributed by atoms with Gasteiger partial charge in [-0.25, -0.2) is 0 Å². The average Bonchev–Trinajstić information content (AvgIpc) is 2.98. The Balaban J connectivity index is 1.98. The number of hydrogen-bond donors (Lipinski definition) is 2. The second kappa shape index (κ2) is 6.15. The lowest BCUT2D eigenvalue weighted by molar-refractivity contribution is 0.0945. The molecule has 0 saturated carbocycles. The number of rotatable bonds is 4. The number of H-pyrrole nitrogens is 1. The lowest BCUT2D eigenvalue weighted by atomic mass is 9.93. The number of aryl methyl sites for hydroxylation is 1. The zero-order valence-electron chi connectivity index (χ0n) is 12.6. The molecule has 0 aliphatic heterocycles. The number of anilines is 1. The molecule has 0 fully saturated rings. The van der Waals surface area contributed by atoms with Crippen molar-refractivity contribution >= 4 is 17.4 Å². The molecular formula is C17H19N3O2. The molecule has 3 rings (SSSR count). The minimum atomic E-state index is -0.159. The third-order valence-electron chi connectivity index (χ3n) is 3.93. The first-order valence-electron chi connectivity index (χ1n) is 7.47. The van der Waals surface area contributed by atoms with Crippen LogP contribution in [0.2, 0.25) is 0 Å². The summed E-state index contributed by atoms with van der Waals surface area (Å²) >= 11 is 0. The summed E-state index contributed by atoms with van der Waals surface area (Å²) in [5.41, 5.74) is 2.74. The summed E-state index contributed by atoms with van der Waals surface area (Å²) in [5.74, 6) is -0.100. The number of carbonyl (C=O) groups is 2. The molecule has 1 heterocycles. The van der Waals surface area contributed by atoms with Crippen molar-refractivity contribution in [2.24, 2.45) is 0 Å². The van der Waals surface area contributed by atoms with E-state index in [4.69, 9.17) is 0 Å². The molecular weight excluding hydrogens is 278 g/mol. The fourth-order valence-corrected chi connectivity index (χ4v) is 2.89. The molecule has 114 valence electrons. The number of hydrogen-bond acceptors (Lipinski definition) is 3. The summed E-state index contributed by atoms with van der Waals surface area (Å²) in [6, 6.07) is 9.46. The lowest BCUT2D eigenvalue weighted by Gasteiger charge is -2.23. The summed E-state index contributed by atoms with van der Waals surface area (Å²) in [6.07, 6.45) is 3.86. The van der Waals surface area contributed by atoms with E-state index in [1.807, 2.05) is 30.3 Å². The number of aromatic amines is 1. The van der Waals surface area contributed by atoms with Gasteiger partial charge in [-0.3, -0.25) is 14.5 Å². The zero-order chi connectivity index (χ0) is 15.5. The normalized spacial score (nSPS) is 13.8. The van der Waals surface area contributed by atoms with E-state index < -0.39 is 0 Å². The summed E-state index contributed by atoms with van der Waals surface area (Å²) in [5, 5.41) is 3.01. The number of benzene rings is 1. The molecule has 0 spiro atoms. The van der Waals surface area contributed by atoms with E-state index in [1.54, 1.807) is 18.1 Å². The minimum absolute atomic E-state index is 0.0586. The molecule has 1 aromatic heterocycles. The topological polar surface area (TPSA) is 65.2 Å². The first-order valence-corrected chi connectivity index (χ1v) is 7.47. The molecule has 1 amide bonds. The van der Waals surface area contributed by atoms with Gasteiger partial charge in [0.1, 0.15) is 0 Å². The van der Waals surface area contributed by atoms with E-state index >= 15 is 0 Å². The predicted octanol–water partition coefficient (Wildman–Crippen LogP) is 2.36. The lowest BCUT2D eigenvalue weighted by Crippen LogP contribution is -2.38. The highest BCUT2D eigenvalue weighted by Gasteiger charge is 2.28. The molecule has 5 nitrogen and oxygen atoms in total. The number of Topliss-reactive ketones (excluding diaryl/α,β-unsaturated/α-hetero) is 1. The van der Waals surface area contributed by atoms with Crippen molar-refractivity contribution in [3.63, 3.8) is 0 Å². The summed E-state index contributed by atoms with van der Waals surface area (Å²) in [6.45, 7) is 0.386. The van der Waals surface area contributed by atoms with Crippen molar-refractivity contribution in [2.45, 2.75) is 19.3 Å². The zero-order valence-corrected chi connectivity index (χ0v) is 12.6. The van der Waals surface area contributed by atoms with Gasteiger partial charge in [0.05, 0.1) is 17.8 Å². The minimum Gasteiger partial charge on any atom is -0.364 e. The van der Waals surface area contributed by atoms with Crippen LogP contribution in [0.4, 0.5) is 5.69 Å². The SMILES string of the molecule is CNCN(C(=O)c1c[nH]c2c1C(=O)CCC2)c1ccccc1. The molecule has 1 aromatic carbocycles. The van der Waals surface area contributed by atoms with Crippen LogP contribution in [0.25, 0.3) is 0 Å². The largest absolute Gasteiger partial charge is 0.364 e. The van der Waals surface area contributed by atoms with Crippen LogP contribution in [0.3, 0.4) is 0 Å². The smallest absolute Gasteiger partial charge is 0.261 e. The van der Waals surface area contributed by atoms with Gasteiger partial charge in [-0.15, -0.1) is 0 Å². The Kier molecular flexibility index (Phi) is 4.06. The van der Waals surface area contributed by atoms with Gasteiger partial charge in [-0.2, -0.15) is 0 Å². The van der Waals surface area contributed by atoms with E-state index in [0.717, 1.165) is 24.2 Å². The van der Waals surface area contributed by atoms with Gasteiger partial charge in [0.15, 0.2) is 5.78 Å². The van der Waals surface area contributed by atoms with Crippen molar-refractivity contribution in [3.8, 4) is 0 Å². The van der Waals surface area contributed by atoms with Crippen LogP contribution in [-0.4, -0.2) is 30.4 Å². The van der Waals surface area contributed by atoms with Crippen LogP contribution in [-0.2, 0) is 6.42 Å². The Morgan fingerprint density at radius 3 is 2.77 bits per heavy atom. The second-order valence-electron chi connectivity index (χ2n) is 5.41. The molecule has 2 aromatic rings. The summed E-state index contributed by atoms with van der Waals surface area (Å²) < 4.78 is 0. The van der Waals surface area contributed by atoms with Crippen LogP contribution in [0.1, 0.15) is 39.3 Å². The highest BCUT2D eigenvalue weighted by Crippen LogP contribution is 2.26. The number of nitrogens with one attached hydrogen (secondary N) is 2. The molecule has 1 aliphatic carbocycles. The van der Waals surface area contributed by atoms with E-state index in [0.29, 0.717) is 24.2 Å². The third kappa shape index (κ3) is 2.55. The first-order chi connectivity index (χ1) is 10.7. The van der Waals surface area contributed by atoms with Crippen molar-refractivity contribution in [2.75, 3.05) is 18.6 Å². The average molecular weight is 297 g/mol. The van der Waals surface area contributed by atoms with E-state index in [-0.39, 0.29) is 11.7 Å². The quantitative estimate of drug-likeness (QED) is 0.851. The number of para-hydroxylation sites is 1. The molecule has 2 N–H and O–H groups in total. The molecule has 0 saturated heterocycles. The van der Waals surface area contributed by atoms with Crippen LogP contribution in [0.5, 0.6) is 0 Å². The van der Waals surface area contributed by atoms with E-state index in [1.165, 1.54) is 0 Å². The maximum absolute atomic E-state index is 12.9. The van der Waals surface area contributed by atoms with Crippen LogP contribution in [0, 0.1) is 0 Å². The number of fused-ring (bicyclic) bond motifs is 1. The van der Waals surface area contributed by atoms with Gasteiger partial charge in [0, 0.05) is 24.0 Å². The van der Waals surface area contributed by atoms with Crippen LogP contribution in [0.15, 0.2) is 36.5 Å². The van der Waals surface area contributed by atoms with E-state index in [9.17, 15) is 9.59 Å². The maximum atomic E-state index is 12.9. The Hall–Kier alpha value is -2.40. The third-order valence-corrected chi connectivity index (χ3v) is 3.93. The van der Waals surface area contributed by atoms with Crippen LogP contribution >= 0.6 is 0 Å². The Morgan fingerprint density at radius 2 is 2.05 bits per heavy atom. The molecule has 0 unspecified atom stereocenters. The highest BCUT2D eigenvalue weighted by atomic mass is 16.2. The van der Waals surface area contributed by atoms with Gasteiger partial charge in [-0.05, 0) is 32.0 Å². The van der Waals surface area contributed by atoms with Crippen LogP contribution < -0.4 is 10.2 Å². The molecule has 0 bridgehead atoms. The van der Waals surface area contributed by atoms with Gasteiger partial charge in [-0.1, -0.05) is 18.2 Å². The molecule has 0 radical (unpaired) electrons. The maximum Gasteiger partial charge on any atom is 0.261 e. The Morgan fingerprint density at radius 1 is 1.27 bits per heavy atom. The summed E-state index contributed by atoms with van der Waals surface area (Å²) in [4.78, 5) is 29.9. The van der Waals surface area contributed by atoms with Crippen molar-refractivity contribution in [1.82, 2.24) is 10.3 Å². The van der Waals surface area contributed by atoms with Gasteiger partial charge < -0.3 is 10.3 Å². The van der Waals surface area contributed by atoms with Gasteiger partial charge in [0.2, 0.25) is 0 Å². The van der Waals surface area contributed by atoms with E-state index in [2.05, 4.69) is 10.3 Å². The highest BCUT2D eigenvalue weighted by molar-refractivity contribution is 6.14. The van der Waals surface area contributed by atoms with Gasteiger partial charge >= 0.3 is 0 Å². The number of amides is 1. The predicted molar refractivity (Wildman–Crippen MR) is 85.2 cm³/mol. The Labute approximate surface area is 129 Å². The molecule has 22 heavy (non-hydrogen) atoms. The molecule has 1 aliphatic rings. The van der Waals surface area contributed by atoms with Gasteiger partial charge in [0.25, 0.3) is 5.91 Å². The second-order valence-corrected chi connectivity index (χ2v) is 5.41. The number of carbonyl (C=O) groups excluding carboxylic acids is 2. The Bertz CT molecular complexity index is 691. The van der Waals surface area contributed by atoms with Crippen molar-refractivity contribution < 1.29 is 9.59 Å². The van der Waals surface area contributed by atoms with Crippen molar-refractivity contribution in [3.05, 3.63) is 53.3 Å². The van der Waals surface area contributed by atoms with Crippen molar-refractivity contribution in [1.29, 1.82) is 0 Å². The number of aromatic nitrogens is 1.